The Balaban J connectivity index is 2.57. The van der Waals surface area contributed by atoms with Gasteiger partial charge < -0.3 is 5.32 Å². The summed E-state index contributed by atoms with van der Waals surface area (Å²) >= 11 is 3.41. The summed E-state index contributed by atoms with van der Waals surface area (Å²) in [6, 6.07) is 5.79. The topological polar surface area (TPSA) is 29.1 Å². The van der Waals surface area contributed by atoms with Gasteiger partial charge in [0.15, 0.2) is 0 Å². The number of benzene rings is 1. The van der Waals surface area contributed by atoms with Crippen molar-refractivity contribution < 1.29 is 4.79 Å². The van der Waals surface area contributed by atoms with E-state index in [4.69, 9.17) is 0 Å². The molecule has 2 nitrogen and oxygen atoms in total. The lowest BCUT2D eigenvalue weighted by molar-refractivity contribution is 0.0941. The van der Waals surface area contributed by atoms with Crippen LogP contribution in [0.25, 0.3) is 0 Å². The predicted molar refractivity (Wildman–Crippen MR) is 54.9 cm³/mol. The Bertz CT molecular complexity index is 362. The smallest absolute Gasteiger partial charge is 0.251 e. The molecule has 0 saturated heterocycles. The van der Waals surface area contributed by atoms with E-state index in [0.29, 0.717) is 5.92 Å². The Morgan fingerprint density at radius 3 is 3.08 bits per heavy atom. The summed E-state index contributed by atoms with van der Waals surface area (Å²) < 4.78 is 1.04. The lowest BCUT2D eigenvalue weighted by Gasteiger charge is -2.22. The van der Waals surface area contributed by atoms with Crippen molar-refractivity contribution in [3.05, 3.63) is 33.8 Å². The van der Waals surface area contributed by atoms with E-state index in [9.17, 15) is 4.79 Å². The highest BCUT2D eigenvalue weighted by molar-refractivity contribution is 9.10. The summed E-state index contributed by atoms with van der Waals surface area (Å²) in [7, 11) is 0. The van der Waals surface area contributed by atoms with Crippen LogP contribution < -0.4 is 5.32 Å². The zero-order chi connectivity index (χ0) is 9.42. The summed E-state index contributed by atoms with van der Waals surface area (Å²) in [5, 5.41) is 2.85. The fourth-order valence-electron chi connectivity index (χ4n) is 1.60. The van der Waals surface area contributed by atoms with E-state index in [2.05, 4.69) is 28.2 Å². The number of hydrogen-bond donors (Lipinski definition) is 1. The van der Waals surface area contributed by atoms with Gasteiger partial charge >= 0.3 is 0 Å². The Kier molecular flexibility index (Phi) is 2.12. The van der Waals surface area contributed by atoms with Gasteiger partial charge in [-0.1, -0.05) is 22.9 Å². The van der Waals surface area contributed by atoms with Gasteiger partial charge in [0.05, 0.1) is 0 Å². The minimum atomic E-state index is 0.0422. The molecule has 1 aliphatic rings. The molecule has 1 atom stereocenters. The van der Waals surface area contributed by atoms with Crippen LogP contribution in [0.2, 0.25) is 0 Å². The van der Waals surface area contributed by atoms with E-state index in [-0.39, 0.29) is 5.91 Å². The van der Waals surface area contributed by atoms with Crippen LogP contribution in [0.5, 0.6) is 0 Å². The highest BCUT2D eigenvalue weighted by atomic mass is 79.9. The molecule has 1 aliphatic heterocycles. The van der Waals surface area contributed by atoms with Crippen LogP contribution in [0, 0.1) is 0 Å². The van der Waals surface area contributed by atoms with E-state index < -0.39 is 0 Å². The van der Waals surface area contributed by atoms with Gasteiger partial charge in [0.25, 0.3) is 5.91 Å². The van der Waals surface area contributed by atoms with E-state index >= 15 is 0 Å². The van der Waals surface area contributed by atoms with Crippen LogP contribution in [0.4, 0.5) is 0 Å². The van der Waals surface area contributed by atoms with Gasteiger partial charge in [-0.2, -0.15) is 0 Å². The number of rotatable bonds is 0. The van der Waals surface area contributed by atoms with Gasteiger partial charge in [-0.25, -0.2) is 0 Å². The van der Waals surface area contributed by atoms with Crippen molar-refractivity contribution in [2.75, 3.05) is 6.54 Å². The molecule has 1 unspecified atom stereocenters. The van der Waals surface area contributed by atoms with Crippen LogP contribution in [0.3, 0.4) is 0 Å². The molecule has 1 heterocycles. The largest absolute Gasteiger partial charge is 0.351 e. The second kappa shape index (κ2) is 3.14. The molecule has 0 aliphatic carbocycles. The molecule has 0 spiro atoms. The molecule has 0 radical (unpaired) electrons. The maximum absolute atomic E-state index is 11.4. The fraction of sp³-hybridized carbons (Fsp3) is 0.300. The third-order valence-electron chi connectivity index (χ3n) is 2.36. The summed E-state index contributed by atoms with van der Waals surface area (Å²) in [6.45, 7) is 2.85. The molecular formula is C10H10BrNO. The minimum absolute atomic E-state index is 0.0422. The normalized spacial score (nSPS) is 20.8. The average Bonchev–Trinajstić information content (AvgIpc) is 2.12. The van der Waals surface area contributed by atoms with Crippen molar-refractivity contribution in [1.29, 1.82) is 0 Å². The number of fused-ring (bicyclic) bond motifs is 1. The number of hydrogen-bond acceptors (Lipinski definition) is 1. The molecule has 0 aromatic heterocycles. The number of halogens is 1. The first-order valence-corrected chi connectivity index (χ1v) is 5.05. The lowest BCUT2D eigenvalue weighted by Crippen LogP contribution is -2.33. The van der Waals surface area contributed by atoms with Crippen LogP contribution in [-0.2, 0) is 0 Å². The van der Waals surface area contributed by atoms with Crippen LogP contribution in [-0.4, -0.2) is 12.5 Å². The predicted octanol–water partition coefficient (Wildman–Crippen LogP) is 2.30. The minimum Gasteiger partial charge on any atom is -0.351 e. The monoisotopic (exact) mass is 239 g/mol. The fourth-order valence-corrected chi connectivity index (χ4v) is 1.98. The van der Waals surface area contributed by atoms with Crippen molar-refractivity contribution in [3.8, 4) is 0 Å². The van der Waals surface area contributed by atoms with Gasteiger partial charge in [-0.05, 0) is 29.7 Å². The average molecular weight is 240 g/mol. The van der Waals surface area contributed by atoms with Crippen LogP contribution in [0.1, 0.15) is 28.8 Å². The molecule has 1 aromatic carbocycles. The number of nitrogens with one attached hydrogen (secondary N) is 1. The van der Waals surface area contributed by atoms with Crippen molar-refractivity contribution in [2.24, 2.45) is 0 Å². The van der Waals surface area contributed by atoms with Crippen LogP contribution >= 0.6 is 15.9 Å². The molecule has 1 N–H and O–H groups in total. The Morgan fingerprint density at radius 1 is 1.54 bits per heavy atom. The van der Waals surface area contributed by atoms with Gasteiger partial charge in [-0.15, -0.1) is 0 Å². The number of amides is 1. The standard InChI is InChI=1S/C10H10BrNO/c1-6-5-12-10(13)8-3-2-7(11)4-9(6)8/h2-4,6H,5H2,1H3,(H,12,13). The second-order valence-corrected chi connectivity index (χ2v) is 4.26. The SMILES string of the molecule is CC1CNC(=O)c2ccc(Br)cc21. The van der Waals surface area contributed by atoms with Crippen LogP contribution in [0.15, 0.2) is 22.7 Å². The molecule has 3 heteroatoms. The Morgan fingerprint density at radius 2 is 2.31 bits per heavy atom. The first kappa shape index (κ1) is 8.75. The third-order valence-corrected chi connectivity index (χ3v) is 2.85. The highest BCUT2D eigenvalue weighted by Crippen LogP contribution is 2.26. The second-order valence-electron chi connectivity index (χ2n) is 3.34. The zero-order valence-corrected chi connectivity index (χ0v) is 8.89. The summed E-state index contributed by atoms with van der Waals surface area (Å²) in [6.07, 6.45) is 0. The molecule has 0 bridgehead atoms. The highest BCUT2D eigenvalue weighted by Gasteiger charge is 2.21. The lowest BCUT2D eigenvalue weighted by atomic mass is 9.92. The van der Waals surface area contributed by atoms with E-state index in [1.807, 2.05) is 18.2 Å². The van der Waals surface area contributed by atoms with Crippen molar-refractivity contribution in [3.63, 3.8) is 0 Å². The molecule has 2 rings (SSSR count). The van der Waals surface area contributed by atoms with Crippen molar-refractivity contribution in [2.45, 2.75) is 12.8 Å². The molecule has 1 aromatic rings. The van der Waals surface area contributed by atoms with Gasteiger partial charge in [0.1, 0.15) is 0 Å². The van der Waals surface area contributed by atoms with E-state index in [1.165, 1.54) is 0 Å². The summed E-state index contributed by atoms with van der Waals surface area (Å²) in [4.78, 5) is 11.4. The first-order chi connectivity index (χ1) is 6.18. The van der Waals surface area contributed by atoms with Gasteiger partial charge in [0.2, 0.25) is 0 Å². The Hall–Kier alpha value is -0.830. The third kappa shape index (κ3) is 1.48. The molecule has 1 amide bonds. The molecule has 0 saturated carbocycles. The van der Waals surface area contributed by atoms with Gasteiger partial charge in [-0.3, -0.25) is 4.79 Å². The zero-order valence-electron chi connectivity index (χ0n) is 7.30. The first-order valence-electron chi connectivity index (χ1n) is 4.26. The molecule has 0 fully saturated rings. The van der Waals surface area contributed by atoms with E-state index in [0.717, 1.165) is 22.1 Å². The molecule has 13 heavy (non-hydrogen) atoms. The quantitative estimate of drug-likeness (QED) is 0.740. The maximum atomic E-state index is 11.4. The van der Waals surface area contributed by atoms with Crippen molar-refractivity contribution >= 4 is 21.8 Å². The molecular weight excluding hydrogens is 230 g/mol. The Labute approximate surface area is 85.5 Å². The number of carbonyl (C=O) groups is 1. The van der Waals surface area contributed by atoms with Gasteiger partial charge in [0, 0.05) is 16.6 Å². The molecule has 68 valence electrons. The van der Waals surface area contributed by atoms with Crippen molar-refractivity contribution in [1.82, 2.24) is 5.32 Å². The number of carbonyl (C=O) groups excluding carboxylic acids is 1. The summed E-state index contributed by atoms with van der Waals surface area (Å²) in [5.74, 6) is 0.450. The summed E-state index contributed by atoms with van der Waals surface area (Å²) in [5.41, 5.74) is 1.94. The van der Waals surface area contributed by atoms with E-state index in [1.54, 1.807) is 0 Å². The maximum Gasteiger partial charge on any atom is 0.251 e.